The summed E-state index contributed by atoms with van der Waals surface area (Å²) in [5.74, 6) is 1.09. The van der Waals surface area contributed by atoms with Crippen LogP contribution in [0.25, 0.3) is 0 Å². The van der Waals surface area contributed by atoms with Gasteiger partial charge in [0, 0.05) is 12.0 Å². The van der Waals surface area contributed by atoms with Crippen LogP contribution in [0.5, 0.6) is 11.5 Å². The summed E-state index contributed by atoms with van der Waals surface area (Å²) in [6.45, 7) is 4.27. The Labute approximate surface area is 140 Å². The van der Waals surface area contributed by atoms with Crippen molar-refractivity contribution in [3.63, 3.8) is 0 Å². The first-order valence-electron chi connectivity index (χ1n) is 7.76. The third kappa shape index (κ3) is 3.68. The zero-order chi connectivity index (χ0) is 17.0. The van der Waals surface area contributed by atoms with Gasteiger partial charge >= 0.3 is 0 Å². The summed E-state index contributed by atoms with van der Waals surface area (Å²) in [4.78, 5) is 12.1. The molecule has 24 heavy (non-hydrogen) atoms. The predicted molar refractivity (Wildman–Crippen MR) is 87.2 cm³/mol. The van der Waals surface area contributed by atoms with E-state index in [1.807, 2.05) is 24.3 Å². The van der Waals surface area contributed by atoms with Crippen molar-refractivity contribution in [1.29, 1.82) is 0 Å². The van der Waals surface area contributed by atoms with Crippen LogP contribution in [0.4, 0.5) is 0 Å². The van der Waals surface area contributed by atoms with Crippen molar-refractivity contribution in [2.45, 2.75) is 13.5 Å². The summed E-state index contributed by atoms with van der Waals surface area (Å²) in [5, 5.41) is 9.74. The molecule has 3 rings (SSSR count). The highest BCUT2D eigenvalue weighted by Crippen LogP contribution is 2.27. The fourth-order valence-electron chi connectivity index (χ4n) is 2.38. The average molecular weight is 331 g/mol. The molecule has 7 nitrogen and oxygen atoms in total. The first kappa shape index (κ1) is 16.3. The molecule has 1 amide bonds. The smallest absolute Gasteiger partial charge is 0.271 e. The van der Waals surface area contributed by atoms with E-state index in [0.29, 0.717) is 42.6 Å². The Kier molecular flexibility index (Phi) is 4.71. The SMILES string of the molecule is COc1ccccc1OCc1cc(C(=O)NCC2(C)COC2)n[nH]1. The number of carbonyl (C=O) groups is 1. The van der Waals surface area contributed by atoms with Gasteiger partial charge in [-0.1, -0.05) is 19.1 Å². The molecule has 0 unspecified atom stereocenters. The number of benzene rings is 1. The van der Waals surface area contributed by atoms with Gasteiger partial charge in [-0.15, -0.1) is 0 Å². The second-order valence-electron chi connectivity index (χ2n) is 6.20. The Balaban J connectivity index is 1.54. The van der Waals surface area contributed by atoms with Crippen molar-refractivity contribution in [3.05, 3.63) is 41.7 Å². The number of hydrogen-bond donors (Lipinski definition) is 2. The molecule has 1 saturated heterocycles. The van der Waals surface area contributed by atoms with E-state index in [4.69, 9.17) is 14.2 Å². The number of ether oxygens (including phenoxy) is 3. The Bertz CT molecular complexity index is 709. The van der Waals surface area contributed by atoms with Crippen LogP contribution < -0.4 is 14.8 Å². The summed E-state index contributed by atoms with van der Waals surface area (Å²) >= 11 is 0. The van der Waals surface area contributed by atoms with E-state index in [0.717, 1.165) is 0 Å². The van der Waals surface area contributed by atoms with E-state index in [2.05, 4.69) is 22.4 Å². The molecule has 0 atom stereocenters. The van der Waals surface area contributed by atoms with Crippen LogP contribution in [0.15, 0.2) is 30.3 Å². The molecule has 2 N–H and O–H groups in total. The maximum atomic E-state index is 12.1. The van der Waals surface area contributed by atoms with E-state index in [1.165, 1.54) is 0 Å². The van der Waals surface area contributed by atoms with E-state index in [-0.39, 0.29) is 17.9 Å². The highest BCUT2D eigenvalue weighted by atomic mass is 16.5. The van der Waals surface area contributed by atoms with Gasteiger partial charge < -0.3 is 19.5 Å². The Hall–Kier alpha value is -2.54. The van der Waals surface area contributed by atoms with Gasteiger partial charge in [0.2, 0.25) is 0 Å². The van der Waals surface area contributed by atoms with E-state index in [1.54, 1.807) is 13.2 Å². The maximum absolute atomic E-state index is 12.1. The van der Waals surface area contributed by atoms with Crippen LogP contribution in [0.2, 0.25) is 0 Å². The molecule has 128 valence electrons. The number of aromatic nitrogens is 2. The van der Waals surface area contributed by atoms with Gasteiger partial charge in [0.05, 0.1) is 26.0 Å². The Morgan fingerprint density at radius 2 is 2.12 bits per heavy atom. The lowest BCUT2D eigenvalue weighted by atomic mass is 9.89. The van der Waals surface area contributed by atoms with Crippen LogP contribution in [0.3, 0.4) is 0 Å². The standard InChI is InChI=1S/C17H21N3O4/c1-17(10-23-11-17)9-18-16(21)13-7-12(19-20-13)8-24-15-6-4-3-5-14(15)22-2/h3-7H,8-11H2,1-2H3,(H,18,21)(H,19,20). The third-order valence-electron chi connectivity index (χ3n) is 3.89. The molecular formula is C17H21N3O4. The Morgan fingerprint density at radius 1 is 1.38 bits per heavy atom. The summed E-state index contributed by atoms with van der Waals surface area (Å²) in [6.07, 6.45) is 0. The number of nitrogens with one attached hydrogen (secondary N) is 2. The number of rotatable bonds is 7. The van der Waals surface area contributed by atoms with Gasteiger partial charge in [-0.05, 0) is 18.2 Å². The highest BCUT2D eigenvalue weighted by Gasteiger charge is 2.33. The van der Waals surface area contributed by atoms with Crippen molar-refractivity contribution in [3.8, 4) is 11.5 Å². The summed E-state index contributed by atoms with van der Waals surface area (Å²) in [6, 6.07) is 9.08. The molecule has 0 saturated carbocycles. The van der Waals surface area contributed by atoms with Crippen molar-refractivity contribution >= 4 is 5.91 Å². The van der Waals surface area contributed by atoms with Gasteiger partial charge in [0.15, 0.2) is 11.5 Å². The molecule has 2 heterocycles. The first-order chi connectivity index (χ1) is 11.6. The minimum Gasteiger partial charge on any atom is -0.493 e. The fourth-order valence-corrected chi connectivity index (χ4v) is 2.38. The molecule has 1 aromatic carbocycles. The summed E-state index contributed by atoms with van der Waals surface area (Å²) in [7, 11) is 1.59. The number of H-pyrrole nitrogens is 1. The molecule has 0 spiro atoms. The normalized spacial score (nSPS) is 15.4. The molecule has 1 fully saturated rings. The van der Waals surface area contributed by atoms with Crippen LogP contribution in [0.1, 0.15) is 23.1 Å². The number of methoxy groups -OCH3 is 1. The Morgan fingerprint density at radius 3 is 2.79 bits per heavy atom. The molecule has 0 bridgehead atoms. The number of aromatic amines is 1. The summed E-state index contributed by atoms with van der Waals surface area (Å²) < 4.78 is 16.1. The van der Waals surface area contributed by atoms with E-state index in [9.17, 15) is 4.79 Å². The van der Waals surface area contributed by atoms with Crippen LogP contribution >= 0.6 is 0 Å². The largest absolute Gasteiger partial charge is 0.493 e. The van der Waals surface area contributed by atoms with Crippen molar-refractivity contribution in [1.82, 2.24) is 15.5 Å². The number of amides is 1. The van der Waals surface area contributed by atoms with Crippen molar-refractivity contribution in [2.75, 3.05) is 26.9 Å². The molecule has 7 heteroatoms. The van der Waals surface area contributed by atoms with Crippen LogP contribution in [0, 0.1) is 5.41 Å². The molecule has 1 aromatic heterocycles. The third-order valence-corrected chi connectivity index (χ3v) is 3.89. The number of para-hydroxylation sites is 2. The van der Waals surface area contributed by atoms with Gasteiger partial charge in [-0.3, -0.25) is 9.89 Å². The quantitative estimate of drug-likeness (QED) is 0.807. The predicted octanol–water partition coefficient (Wildman–Crippen LogP) is 1.76. The lowest BCUT2D eigenvalue weighted by molar-refractivity contribution is -0.0978. The van der Waals surface area contributed by atoms with Gasteiger partial charge in [0.1, 0.15) is 12.3 Å². The topological polar surface area (TPSA) is 85.5 Å². The molecular weight excluding hydrogens is 310 g/mol. The van der Waals surface area contributed by atoms with Crippen molar-refractivity contribution in [2.24, 2.45) is 5.41 Å². The molecule has 2 aromatic rings. The maximum Gasteiger partial charge on any atom is 0.271 e. The number of nitrogens with zero attached hydrogens (tertiary/aromatic N) is 1. The highest BCUT2D eigenvalue weighted by molar-refractivity contribution is 5.92. The number of hydrogen-bond acceptors (Lipinski definition) is 5. The minimum absolute atomic E-state index is 0.0295. The lowest BCUT2D eigenvalue weighted by Gasteiger charge is -2.37. The van der Waals surface area contributed by atoms with Gasteiger partial charge in [0.25, 0.3) is 5.91 Å². The fraction of sp³-hybridized carbons (Fsp3) is 0.412. The minimum atomic E-state index is -0.206. The molecule has 1 aliphatic rings. The van der Waals surface area contributed by atoms with E-state index >= 15 is 0 Å². The average Bonchev–Trinajstić information content (AvgIpc) is 3.05. The molecule has 0 radical (unpaired) electrons. The second-order valence-corrected chi connectivity index (χ2v) is 6.20. The van der Waals surface area contributed by atoms with Gasteiger partial charge in [-0.25, -0.2) is 0 Å². The monoisotopic (exact) mass is 331 g/mol. The van der Waals surface area contributed by atoms with Crippen LogP contribution in [-0.4, -0.2) is 43.0 Å². The van der Waals surface area contributed by atoms with Crippen molar-refractivity contribution < 1.29 is 19.0 Å². The zero-order valence-electron chi connectivity index (χ0n) is 13.8. The molecule has 0 aliphatic carbocycles. The number of carbonyl (C=O) groups excluding carboxylic acids is 1. The van der Waals surface area contributed by atoms with Crippen LogP contribution in [-0.2, 0) is 11.3 Å². The molecule has 1 aliphatic heterocycles. The zero-order valence-corrected chi connectivity index (χ0v) is 13.8. The second kappa shape index (κ2) is 6.92. The lowest BCUT2D eigenvalue weighted by Crippen LogP contribution is -2.48. The van der Waals surface area contributed by atoms with E-state index < -0.39 is 0 Å². The summed E-state index contributed by atoms with van der Waals surface area (Å²) in [5.41, 5.74) is 1.09. The first-order valence-corrected chi connectivity index (χ1v) is 7.76. The van der Waals surface area contributed by atoms with Gasteiger partial charge in [-0.2, -0.15) is 5.10 Å².